The lowest BCUT2D eigenvalue weighted by Gasteiger charge is -2.26. The van der Waals surface area contributed by atoms with Crippen LogP contribution >= 0.6 is 0 Å². The molecule has 204 valence electrons. The van der Waals surface area contributed by atoms with E-state index in [9.17, 15) is 4.79 Å². The highest BCUT2D eigenvalue weighted by Crippen LogP contribution is 2.38. The van der Waals surface area contributed by atoms with Crippen LogP contribution in [0.2, 0.25) is 0 Å². The number of fused-ring (bicyclic) bond motifs is 1. The molecule has 4 rings (SSSR count). The van der Waals surface area contributed by atoms with Crippen LogP contribution in [0.4, 0.5) is 22.9 Å². The molecule has 0 radical (unpaired) electrons. The molecule has 0 spiro atoms. The van der Waals surface area contributed by atoms with Crippen LogP contribution < -0.4 is 25.0 Å². The number of aryl methyl sites for hydroxylation is 1. The highest BCUT2D eigenvalue weighted by molar-refractivity contribution is 6.02. The smallest absolute Gasteiger partial charge is 0.247 e. The minimum Gasteiger partial charge on any atom is -0.497 e. The van der Waals surface area contributed by atoms with Gasteiger partial charge in [0.2, 0.25) is 5.91 Å². The van der Waals surface area contributed by atoms with E-state index in [-0.39, 0.29) is 5.91 Å². The Kier molecular flexibility index (Phi) is 8.36. The van der Waals surface area contributed by atoms with Gasteiger partial charge in [-0.2, -0.15) is 0 Å². The maximum Gasteiger partial charge on any atom is 0.247 e. The van der Waals surface area contributed by atoms with E-state index in [1.807, 2.05) is 69.3 Å². The fourth-order valence-electron chi connectivity index (χ4n) is 4.28. The number of likely N-dealkylation sites (N-methyl/N-ethyl adjacent to an activating group) is 2. The normalized spacial score (nSPS) is 10.9. The summed E-state index contributed by atoms with van der Waals surface area (Å²) in [7, 11) is 11.3. The SMILES string of the molecule is C=CC(=O)Nc1cc(Nc2ccnc(-c3cn(C)c4ccc(OC)cc34)n2)c(OC)cc1N(C)CCN(C)C. The summed E-state index contributed by atoms with van der Waals surface area (Å²) in [5.74, 6) is 2.21. The molecule has 0 unspecified atom stereocenters. The Morgan fingerprint density at radius 3 is 2.56 bits per heavy atom. The number of aromatic nitrogens is 3. The highest BCUT2D eigenvalue weighted by Gasteiger charge is 2.17. The van der Waals surface area contributed by atoms with Crippen LogP contribution in [0.3, 0.4) is 0 Å². The molecule has 0 fully saturated rings. The van der Waals surface area contributed by atoms with Gasteiger partial charge in [-0.05, 0) is 50.5 Å². The zero-order valence-corrected chi connectivity index (χ0v) is 23.3. The van der Waals surface area contributed by atoms with Crippen molar-refractivity contribution >= 4 is 39.7 Å². The average molecular weight is 530 g/mol. The summed E-state index contributed by atoms with van der Waals surface area (Å²) in [4.78, 5) is 25.8. The summed E-state index contributed by atoms with van der Waals surface area (Å²) in [6, 6.07) is 11.5. The van der Waals surface area contributed by atoms with E-state index < -0.39 is 0 Å². The number of anilines is 4. The summed E-state index contributed by atoms with van der Waals surface area (Å²) >= 11 is 0. The standard InChI is InChI=1S/C29H35N7O3/c1-8-28(37)32-22-16-23(26(39-7)17-25(22)35(4)14-13-34(2)3)31-27-11-12-30-29(33-27)21-18-36(5)24-10-9-19(38-6)15-20(21)24/h8-12,15-18H,1,13-14H2,2-7H3,(H,32,37)(H,30,31,33). The van der Waals surface area contributed by atoms with Crippen LogP contribution in [-0.4, -0.2) is 73.8 Å². The van der Waals surface area contributed by atoms with Gasteiger partial charge in [-0.15, -0.1) is 0 Å². The number of methoxy groups -OCH3 is 2. The lowest BCUT2D eigenvalue weighted by atomic mass is 10.1. The fraction of sp³-hybridized carbons (Fsp3) is 0.276. The van der Waals surface area contributed by atoms with Gasteiger partial charge in [-0.3, -0.25) is 4.79 Å². The predicted molar refractivity (Wildman–Crippen MR) is 157 cm³/mol. The third-order valence-corrected chi connectivity index (χ3v) is 6.41. The molecule has 4 aromatic rings. The van der Waals surface area contributed by atoms with Gasteiger partial charge in [0.1, 0.15) is 17.3 Å². The van der Waals surface area contributed by atoms with Crippen LogP contribution in [0, 0.1) is 0 Å². The van der Waals surface area contributed by atoms with Crippen molar-refractivity contribution in [2.24, 2.45) is 7.05 Å². The molecule has 0 bridgehead atoms. The minimum atomic E-state index is -0.302. The van der Waals surface area contributed by atoms with Crippen LogP contribution in [0.1, 0.15) is 0 Å². The van der Waals surface area contributed by atoms with Crippen molar-refractivity contribution in [3.63, 3.8) is 0 Å². The van der Waals surface area contributed by atoms with Crippen LogP contribution in [0.15, 0.2) is 61.4 Å². The molecule has 2 heterocycles. The van der Waals surface area contributed by atoms with Crippen molar-refractivity contribution in [2.45, 2.75) is 0 Å². The van der Waals surface area contributed by atoms with E-state index >= 15 is 0 Å². The lowest BCUT2D eigenvalue weighted by molar-refractivity contribution is -0.111. The molecule has 10 heteroatoms. The number of amides is 1. The molecule has 0 aliphatic rings. The Bertz CT molecular complexity index is 1500. The van der Waals surface area contributed by atoms with Gasteiger partial charge in [-0.1, -0.05) is 6.58 Å². The molecule has 10 nitrogen and oxygen atoms in total. The molecular formula is C29H35N7O3. The van der Waals surface area contributed by atoms with Crippen molar-refractivity contribution in [1.82, 2.24) is 19.4 Å². The maximum absolute atomic E-state index is 12.3. The summed E-state index contributed by atoms with van der Waals surface area (Å²) in [5.41, 5.74) is 4.03. The predicted octanol–water partition coefficient (Wildman–Crippen LogP) is 4.52. The van der Waals surface area contributed by atoms with Crippen LogP contribution in [0.25, 0.3) is 22.3 Å². The molecular weight excluding hydrogens is 494 g/mol. The Morgan fingerprint density at radius 2 is 1.87 bits per heavy atom. The summed E-state index contributed by atoms with van der Waals surface area (Å²) in [6.07, 6.45) is 4.96. The number of carbonyl (C=O) groups is 1. The first-order chi connectivity index (χ1) is 18.7. The second-order valence-corrected chi connectivity index (χ2v) is 9.42. The van der Waals surface area contributed by atoms with Crippen LogP contribution in [-0.2, 0) is 11.8 Å². The zero-order chi connectivity index (χ0) is 28.1. The van der Waals surface area contributed by atoms with Crippen LogP contribution in [0.5, 0.6) is 11.5 Å². The number of carbonyl (C=O) groups excluding carboxylic acids is 1. The zero-order valence-electron chi connectivity index (χ0n) is 23.3. The second kappa shape index (κ2) is 11.9. The highest BCUT2D eigenvalue weighted by atomic mass is 16.5. The van der Waals surface area contributed by atoms with E-state index in [1.165, 1.54) is 6.08 Å². The Labute approximate surface area is 228 Å². The van der Waals surface area contributed by atoms with Crippen molar-refractivity contribution < 1.29 is 14.3 Å². The average Bonchev–Trinajstić information content (AvgIpc) is 3.27. The van der Waals surface area contributed by atoms with Crippen molar-refractivity contribution in [3.8, 4) is 22.9 Å². The lowest BCUT2D eigenvalue weighted by Crippen LogP contribution is -2.29. The van der Waals surface area contributed by atoms with Gasteiger partial charge in [0.05, 0.1) is 31.3 Å². The van der Waals surface area contributed by atoms with E-state index in [4.69, 9.17) is 14.5 Å². The van der Waals surface area contributed by atoms with E-state index in [0.29, 0.717) is 28.8 Å². The first kappa shape index (κ1) is 27.5. The molecule has 1 amide bonds. The topological polar surface area (TPSA) is 96.8 Å². The van der Waals surface area contributed by atoms with E-state index in [1.54, 1.807) is 26.5 Å². The molecule has 0 saturated heterocycles. The quantitative estimate of drug-likeness (QED) is 0.274. The molecule has 0 saturated carbocycles. The number of hydrogen-bond acceptors (Lipinski definition) is 8. The molecule has 2 aromatic heterocycles. The monoisotopic (exact) mass is 529 g/mol. The summed E-state index contributed by atoms with van der Waals surface area (Å²) in [5, 5.41) is 7.26. The van der Waals surface area contributed by atoms with Gasteiger partial charge in [-0.25, -0.2) is 9.97 Å². The van der Waals surface area contributed by atoms with Gasteiger partial charge >= 0.3 is 0 Å². The Hall–Kier alpha value is -4.57. The fourth-order valence-corrected chi connectivity index (χ4v) is 4.28. The number of ether oxygens (including phenoxy) is 2. The molecule has 39 heavy (non-hydrogen) atoms. The third-order valence-electron chi connectivity index (χ3n) is 6.41. The summed E-state index contributed by atoms with van der Waals surface area (Å²) < 4.78 is 13.2. The van der Waals surface area contributed by atoms with Crippen molar-refractivity contribution in [2.75, 3.05) is 64.0 Å². The van der Waals surface area contributed by atoms with Gasteiger partial charge in [0.25, 0.3) is 0 Å². The number of nitrogens with one attached hydrogen (secondary N) is 2. The third kappa shape index (κ3) is 6.12. The second-order valence-electron chi connectivity index (χ2n) is 9.42. The molecule has 0 aliphatic heterocycles. The molecule has 0 aliphatic carbocycles. The Morgan fingerprint density at radius 1 is 1.08 bits per heavy atom. The van der Waals surface area contributed by atoms with Crippen molar-refractivity contribution in [3.05, 3.63) is 61.4 Å². The first-order valence-electron chi connectivity index (χ1n) is 12.5. The summed E-state index contributed by atoms with van der Waals surface area (Å²) in [6.45, 7) is 5.19. The number of hydrogen-bond donors (Lipinski definition) is 2. The van der Waals surface area contributed by atoms with Crippen molar-refractivity contribution in [1.29, 1.82) is 0 Å². The maximum atomic E-state index is 12.3. The minimum absolute atomic E-state index is 0.302. The first-order valence-corrected chi connectivity index (χ1v) is 12.5. The Balaban J connectivity index is 1.72. The van der Waals surface area contributed by atoms with Gasteiger partial charge in [0.15, 0.2) is 5.82 Å². The molecule has 2 N–H and O–H groups in total. The molecule has 2 aromatic carbocycles. The van der Waals surface area contributed by atoms with E-state index in [0.717, 1.165) is 41.0 Å². The number of benzene rings is 2. The van der Waals surface area contributed by atoms with E-state index in [2.05, 4.69) is 32.0 Å². The number of rotatable bonds is 11. The largest absolute Gasteiger partial charge is 0.497 e. The molecule has 0 atom stereocenters. The van der Waals surface area contributed by atoms with Gasteiger partial charge in [0, 0.05) is 62.1 Å². The number of nitrogens with zero attached hydrogens (tertiary/aromatic N) is 5. The van der Waals surface area contributed by atoms with Gasteiger partial charge < -0.3 is 34.5 Å².